The summed E-state index contributed by atoms with van der Waals surface area (Å²) in [6.07, 6.45) is 1.54. The number of carbonyl (C=O) groups is 2. The number of esters is 2. The van der Waals surface area contributed by atoms with Crippen molar-refractivity contribution >= 4 is 36.7 Å². The minimum Gasteiger partial charge on any atom is -0.468 e. The lowest BCUT2D eigenvalue weighted by atomic mass is 9.97. The predicted molar refractivity (Wildman–Crippen MR) is 155 cm³/mol. The molecule has 18 heteroatoms. The van der Waals surface area contributed by atoms with Crippen molar-refractivity contribution in [3.63, 3.8) is 0 Å². The van der Waals surface area contributed by atoms with Crippen molar-refractivity contribution < 1.29 is 42.4 Å². The van der Waals surface area contributed by atoms with Crippen LogP contribution in [0.25, 0.3) is 11.2 Å². The van der Waals surface area contributed by atoms with Crippen LogP contribution in [0, 0.1) is 24.2 Å². The van der Waals surface area contributed by atoms with Crippen LogP contribution in [-0.4, -0.2) is 87.4 Å². The predicted octanol–water partition coefficient (Wildman–Crippen LogP) is 0.781. The number of alkyl halides is 1. The minimum absolute atomic E-state index is 0.0597. The molecule has 0 radical (unpaired) electrons. The highest BCUT2D eigenvalue weighted by molar-refractivity contribution is 7.54. The Labute approximate surface area is 253 Å². The van der Waals surface area contributed by atoms with Crippen molar-refractivity contribution in [2.45, 2.75) is 76.7 Å². The van der Waals surface area contributed by atoms with E-state index >= 15 is 4.39 Å². The average Bonchev–Trinajstić information content (AvgIpc) is 3.48. The van der Waals surface area contributed by atoms with E-state index in [1.165, 1.54) is 0 Å². The molecule has 1 saturated heterocycles. The summed E-state index contributed by atoms with van der Waals surface area (Å²) in [5.41, 5.74) is 1.69. The molecule has 3 rings (SSSR count). The zero-order valence-corrected chi connectivity index (χ0v) is 26.2. The number of aliphatic hydroxyl groups is 1. The smallest absolute Gasteiger partial charge is 0.342 e. The molecular formula is C26H39FN7O9P. The Bertz CT molecular complexity index is 1460. The van der Waals surface area contributed by atoms with E-state index in [-0.39, 0.29) is 41.8 Å². The summed E-state index contributed by atoms with van der Waals surface area (Å²) in [5, 5.41) is 16.2. The van der Waals surface area contributed by atoms with Gasteiger partial charge in [0.05, 0.1) is 27.2 Å². The molecule has 1 aliphatic rings. The molecule has 0 spiro atoms. The summed E-state index contributed by atoms with van der Waals surface area (Å²) in [6.45, 7) is 6.56. The van der Waals surface area contributed by atoms with Gasteiger partial charge in [0.2, 0.25) is 11.6 Å². The van der Waals surface area contributed by atoms with Gasteiger partial charge in [-0.05, 0) is 24.7 Å². The first-order chi connectivity index (χ1) is 20.6. The van der Waals surface area contributed by atoms with E-state index in [1.54, 1.807) is 0 Å². The van der Waals surface area contributed by atoms with Gasteiger partial charge in [0.15, 0.2) is 17.4 Å². The van der Waals surface area contributed by atoms with Crippen LogP contribution in [0.3, 0.4) is 0 Å². The Morgan fingerprint density at radius 2 is 1.77 bits per heavy atom. The van der Waals surface area contributed by atoms with Gasteiger partial charge in [-0.2, -0.15) is 4.98 Å². The third-order valence-electron chi connectivity index (χ3n) is 6.83. The van der Waals surface area contributed by atoms with Gasteiger partial charge in [-0.1, -0.05) is 33.6 Å². The number of carbonyl (C=O) groups excluding carboxylic acids is 2. The van der Waals surface area contributed by atoms with Gasteiger partial charge >= 0.3 is 19.6 Å². The lowest BCUT2D eigenvalue weighted by Gasteiger charge is -2.30. The van der Waals surface area contributed by atoms with E-state index in [0.717, 1.165) is 25.1 Å². The number of methoxy groups -OCH3 is 2. The molecule has 3 heterocycles. The van der Waals surface area contributed by atoms with Gasteiger partial charge in [0, 0.05) is 0 Å². The lowest BCUT2D eigenvalue weighted by Crippen LogP contribution is -2.46. The number of fused-ring (bicyclic) bond motifs is 1. The number of anilines is 1. The van der Waals surface area contributed by atoms with Gasteiger partial charge in [0.1, 0.15) is 24.3 Å². The van der Waals surface area contributed by atoms with Crippen molar-refractivity contribution in [3.8, 4) is 12.3 Å². The Balaban J connectivity index is 1.96. The van der Waals surface area contributed by atoms with Crippen molar-refractivity contribution in [2.75, 3.05) is 26.6 Å². The molecule has 2 aromatic heterocycles. The quantitative estimate of drug-likeness (QED) is 0.109. The maximum absolute atomic E-state index is 16.2. The third kappa shape index (κ3) is 7.63. The van der Waals surface area contributed by atoms with E-state index in [2.05, 4.69) is 25.1 Å². The Morgan fingerprint density at radius 1 is 1.23 bits per heavy atom. The molecule has 2 aromatic rings. The van der Waals surface area contributed by atoms with Crippen LogP contribution in [0.1, 0.15) is 46.8 Å². The Hall–Kier alpha value is -3.39. The first kappa shape index (κ1) is 35.1. The highest BCUT2D eigenvalue weighted by Crippen LogP contribution is 2.46. The zero-order chi connectivity index (χ0) is 33.0. The molecule has 0 aromatic carbocycles. The van der Waals surface area contributed by atoms with Crippen molar-refractivity contribution in [2.24, 2.45) is 11.8 Å². The molecule has 3 unspecified atom stereocenters. The van der Waals surface area contributed by atoms with Gasteiger partial charge in [-0.25, -0.2) is 19.5 Å². The molecule has 1 aliphatic heterocycles. The summed E-state index contributed by atoms with van der Waals surface area (Å²) in [7, 11) is -2.08. The second-order valence-electron chi connectivity index (χ2n) is 11.2. The molecule has 44 heavy (non-hydrogen) atoms. The molecule has 0 saturated carbocycles. The van der Waals surface area contributed by atoms with E-state index in [9.17, 15) is 24.1 Å². The number of nitrogens with one attached hydrogen (secondary N) is 3. The number of ether oxygens (including phenoxy) is 3. The number of aliphatic hydroxyl groups excluding tert-OH is 1. The number of hydrogen-bond acceptors (Lipinski definition) is 12. The summed E-state index contributed by atoms with van der Waals surface area (Å²) in [6, 6.07) is -2.29. The number of terminal acetylenes is 1. The second-order valence-corrected chi connectivity index (χ2v) is 13.1. The zero-order valence-electron chi connectivity index (χ0n) is 25.3. The highest BCUT2D eigenvalue weighted by atomic mass is 31.2. The van der Waals surface area contributed by atoms with E-state index in [1.807, 2.05) is 33.6 Å². The fourth-order valence-electron chi connectivity index (χ4n) is 4.76. The summed E-state index contributed by atoms with van der Waals surface area (Å²) < 4.78 is 52.7. The SMILES string of the molecule is C#C[C@]1(F)C(O)[C@@H](COP(=O)(NC(CC(C)C)C(=O)OC)NC(CC(C)C)C(=O)OC)O[C@H]1n1cnc2c(=O)[nH]c(N)nc21. The molecule has 6 atom stereocenters. The number of nitrogens with two attached hydrogens (primary N) is 1. The lowest BCUT2D eigenvalue weighted by molar-refractivity contribution is -0.143. The van der Waals surface area contributed by atoms with Crippen LogP contribution in [-0.2, 0) is 32.9 Å². The number of nitrogens with zero attached hydrogens (tertiary/aromatic N) is 3. The molecule has 0 aliphatic carbocycles. The van der Waals surface area contributed by atoms with Gasteiger partial charge in [0.25, 0.3) is 5.56 Å². The van der Waals surface area contributed by atoms with Crippen LogP contribution in [0.5, 0.6) is 0 Å². The van der Waals surface area contributed by atoms with Crippen LogP contribution in [0.2, 0.25) is 0 Å². The van der Waals surface area contributed by atoms with E-state index in [4.69, 9.17) is 30.9 Å². The standard InChI is InChI=1S/C26H39FN7O9P/c1-8-26(27)19(35)17(43-24(26)34-12-29-18-20(34)30-25(28)31-21(18)36)11-42-44(39,32-15(9-13(2)3)22(37)40-6)33-16(10-14(4)5)23(38)41-7/h1,12-17,19,24,35H,9-11H2,2-7H3,(H2,32,33,39)(H3,28,30,31,36)/t15?,16?,17-,19?,24-,26+,44?/m1/s1. The molecule has 1 fully saturated rings. The van der Waals surface area contributed by atoms with E-state index in [0.29, 0.717) is 0 Å². The van der Waals surface area contributed by atoms with Gasteiger partial charge in [-0.15, -0.1) is 6.42 Å². The van der Waals surface area contributed by atoms with Gasteiger partial charge in [-0.3, -0.25) is 28.5 Å². The molecule has 244 valence electrons. The number of rotatable bonds is 14. The second kappa shape index (κ2) is 14.1. The van der Waals surface area contributed by atoms with Crippen LogP contribution < -0.4 is 21.5 Å². The molecule has 6 N–H and O–H groups in total. The fraction of sp³-hybridized carbons (Fsp3) is 0.654. The Kier molecular flexibility index (Phi) is 11.3. The average molecular weight is 644 g/mol. The van der Waals surface area contributed by atoms with Crippen molar-refractivity contribution in [1.29, 1.82) is 0 Å². The molecule has 0 bridgehead atoms. The number of aromatic nitrogens is 4. The van der Waals surface area contributed by atoms with Crippen LogP contribution in [0.15, 0.2) is 11.1 Å². The van der Waals surface area contributed by atoms with Crippen molar-refractivity contribution in [3.05, 3.63) is 16.7 Å². The van der Waals surface area contributed by atoms with E-state index < -0.39 is 68.0 Å². The summed E-state index contributed by atoms with van der Waals surface area (Å²) >= 11 is 0. The Morgan fingerprint density at radius 3 is 2.25 bits per heavy atom. The number of halogens is 1. The number of H-pyrrole nitrogens is 1. The first-order valence-corrected chi connectivity index (χ1v) is 15.4. The highest BCUT2D eigenvalue weighted by Gasteiger charge is 2.58. The summed E-state index contributed by atoms with van der Waals surface area (Å²) in [5.74, 6) is -0.00680. The van der Waals surface area contributed by atoms with Crippen LogP contribution in [0.4, 0.5) is 10.3 Å². The largest absolute Gasteiger partial charge is 0.468 e. The number of imidazole rings is 1. The van der Waals surface area contributed by atoms with Crippen LogP contribution >= 0.6 is 7.67 Å². The maximum Gasteiger partial charge on any atom is 0.342 e. The maximum atomic E-state index is 16.2. The molecular weight excluding hydrogens is 604 g/mol. The normalized spacial score (nSPS) is 24.6. The minimum atomic E-state index is -4.40. The topological polar surface area (TPSA) is 222 Å². The fourth-order valence-corrected chi connectivity index (χ4v) is 6.58. The number of nitrogen functional groups attached to an aromatic ring is 1. The molecule has 0 amide bonds. The summed E-state index contributed by atoms with van der Waals surface area (Å²) in [4.78, 5) is 47.6. The monoisotopic (exact) mass is 643 g/mol. The molecule has 16 nitrogen and oxygen atoms in total. The van der Waals surface area contributed by atoms with Crippen molar-refractivity contribution in [1.82, 2.24) is 29.7 Å². The third-order valence-corrected chi connectivity index (χ3v) is 8.64. The first-order valence-electron chi connectivity index (χ1n) is 13.8. The van der Waals surface area contributed by atoms with Gasteiger partial charge < -0.3 is 29.6 Å². The number of hydrogen-bond donors (Lipinski definition) is 5. The number of aromatic amines is 1.